The molecule has 0 spiro atoms. The van der Waals surface area contributed by atoms with Gasteiger partial charge in [0.1, 0.15) is 5.82 Å². The predicted molar refractivity (Wildman–Crippen MR) is 60.6 cm³/mol. The molecule has 1 unspecified atom stereocenters. The SMILES string of the molecule is CC1(C(=O)NCc2ncc[nH]2)CCCNC1. The van der Waals surface area contributed by atoms with Crippen molar-refractivity contribution in [3.8, 4) is 0 Å². The zero-order valence-corrected chi connectivity index (χ0v) is 9.55. The Kier molecular flexibility index (Phi) is 3.24. The van der Waals surface area contributed by atoms with Gasteiger partial charge in [0.25, 0.3) is 0 Å². The number of carbonyl (C=O) groups is 1. The van der Waals surface area contributed by atoms with Crippen LogP contribution in [-0.2, 0) is 11.3 Å². The van der Waals surface area contributed by atoms with Crippen LogP contribution >= 0.6 is 0 Å². The number of nitrogens with zero attached hydrogens (tertiary/aromatic N) is 1. The first-order valence-corrected chi connectivity index (χ1v) is 5.68. The fraction of sp³-hybridized carbons (Fsp3) is 0.636. The monoisotopic (exact) mass is 222 g/mol. The average molecular weight is 222 g/mol. The Labute approximate surface area is 95.0 Å². The normalized spacial score (nSPS) is 25.3. The van der Waals surface area contributed by atoms with Crippen molar-refractivity contribution >= 4 is 5.91 Å². The van der Waals surface area contributed by atoms with Gasteiger partial charge in [-0.25, -0.2) is 4.98 Å². The number of rotatable bonds is 3. The number of aromatic nitrogens is 2. The van der Waals surface area contributed by atoms with Crippen molar-refractivity contribution in [3.63, 3.8) is 0 Å². The van der Waals surface area contributed by atoms with Gasteiger partial charge in [-0.15, -0.1) is 0 Å². The second-order valence-electron chi connectivity index (χ2n) is 4.56. The van der Waals surface area contributed by atoms with E-state index < -0.39 is 0 Å². The Bertz CT molecular complexity index is 341. The first-order valence-electron chi connectivity index (χ1n) is 5.68. The quantitative estimate of drug-likeness (QED) is 0.694. The summed E-state index contributed by atoms with van der Waals surface area (Å²) in [5.74, 6) is 0.900. The van der Waals surface area contributed by atoms with Crippen molar-refractivity contribution in [1.29, 1.82) is 0 Å². The molecule has 0 aliphatic carbocycles. The van der Waals surface area contributed by atoms with Crippen molar-refractivity contribution in [2.75, 3.05) is 13.1 Å². The highest BCUT2D eigenvalue weighted by Gasteiger charge is 2.34. The summed E-state index contributed by atoms with van der Waals surface area (Å²) in [5.41, 5.74) is -0.273. The lowest BCUT2D eigenvalue weighted by Gasteiger charge is -2.32. The summed E-state index contributed by atoms with van der Waals surface area (Å²) in [4.78, 5) is 19.1. The molecule has 2 heterocycles. The fourth-order valence-electron chi connectivity index (χ4n) is 2.02. The zero-order valence-electron chi connectivity index (χ0n) is 9.55. The Balaban J connectivity index is 1.87. The van der Waals surface area contributed by atoms with E-state index in [0.717, 1.165) is 31.8 Å². The van der Waals surface area contributed by atoms with Crippen molar-refractivity contribution in [2.24, 2.45) is 5.41 Å². The lowest BCUT2D eigenvalue weighted by atomic mass is 9.82. The molecule has 0 radical (unpaired) electrons. The van der Waals surface area contributed by atoms with Gasteiger partial charge in [-0.05, 0) is 26.3 Å². The minimum absolute atomic E-state index is 0.108. The molecule has 0 bridgehead atoms. The molecule has 5 heteroatoms. The van der Waals surface area contributed by atoms with E-state index in [9.17, 15) is 4.79 Å². The number of amides is 1. The molecule has 5 nitrogen and oxygen atoms in total. The zero-order chi connectivity index (χ0) is 11.4. The summed E-state index contributed by atoms with van der Waals surface area (Å²) in [5, 5.41) is 6.19. The van der Waals surface area contributed by atoms with Gasteiger partial charge >= 0.3 is 0 Å². The Hall–Kier alpha value is -1.36. The number of piperidine rings is 1. The number of carbonyl (C=O) groups excluding carboxylic acids is 1. The van der Waals surface area contributed by atoms with E-state index in [0.29, 0.717) is 6.54 Å². The minimum atomic E-state index is -0.273. The number of H-pyrrole nitrogens is 1. The molecule has 16 heavy (non-hydrogen) atoms. The van der Waals surface area contributed by atoms with Gasteiger partial charge in [0, 0.05) is 18.9 Å². The standard InChI is InChI=1S/C11H18N4O/c1-11(3-2-4-12-8-11)10(16)15-7-9-13-5-6-14-9/h5-6,12H,2-4,7-8H2,1H3,(H,13,14)(H,15,16). The highest BCUT2D eigenvalue weighted by molar-refractivity contribution is 5.82. The maximum Gasteiger partial charge on any atom is 0.227 e. The third-order valence-electron chi connectivity index (χ3n) is 3.12. The summed E-state index contributed by atoms with van der Waals surface area (Å²) in [6.45, 7) is 4.26. The van der Waals surface area contributed by atoms with E-state index in [4.69, 9.17) is 0 Å². The fourth-order valence-corrected chi connectivity index (χ4v) is 2.02. The van der Waals surface area contributed by atoms with Crippen LogP contribution in [0.4, 0.5) is 0 Å². The molecule has 1 fully saturated rings. The van der Waals surface area contributed by atoms with E-state index in [2.05, 4.69) is 20.6 Å². The van der Waals surface area contributed by atoms with Crippen molar-refractivity contribution < 1.29 is 4.79 Å². The second-order valence-corrected chi connectivity index (χ2v) is 4.56. The van der Waals surface area contributed by atoms with Crippen LogP contribution in [0.15, 0.2) is 12.4 Å². The molecule has 1 atom stereocenters. The number of imidazole rings is 1. The van der Waals surface area contributed by atoms with Crippen LogP contribution in [0.1, 0.15) is 25.6 Å². The first kappa shape index (κ1) is 11.1. The lowest BCUT2D eigenvalue weighted by Crippen LogP contribution is -2.48. The number of aromatic amines is 1. The van der Waals surface area contributed by atoms with Crippen LogP contribution < -0.4 is 10.6 Å². The van der Waals surface area contributed by atoms with Gasteiger partial charge in [-0.3, -0.25) is 4.79 Å². The number of hydrogen-bond donors (Lipinski definition) is 3. The van der Waals surface area contributed by atoms with Crippen LogP contribution in [0.3, 0.4) is 0 Å². The van der Waals surface area contributed by atoms with Crippen LogP contribution in [-0.4, -0.2) is 29.0 Å². The van der Waals surface area contributed by atoms with Crippen molar-refractivity contribution in [2.45, 2.75) is 26.3 Å². The number of nitrogens with one attached hydrogen (secondary N) is 3. The molecular weight excluding hydrogens is 204 g/mol. The van der Waals surface area contributed by atoms with Crippen molar-refractivity contribution in [3.05, 3.63) is 18.2 Å². The predicted octanol–water partition coefficient (Wildman–Crippen LogP) is 0.416. The van der Waals surface area contributed by atoms with Crippen molar-refractivity contribution in [1.82, 2.24) is 20.6 Å². The van der Waals surface area contributed by atoms with E-state index in [1.165, 1.54) is 0 Å². The van der Waals surface area contributed by atoms with Gasteiger partial charge in [-0.2, -0.15) is 0 Å². The van der Waals surface area contributed by atoms with Gasteiger partial charge in [0.05, 0.1) is 12.0 Å². The summed E-state index contributed by atoms with van der Waals surface area (Å²) in [6, 6.07) is 0. The van der Waals surface area contributed by atoms with Crippen LogP contribution in [0.2, 0.25) is 0 Å². The molecule has 1 aliphatic rings. The van der Waals surface area contributed by atoms with Gasteiger partial charge in [0.15, 0.2) is 0 Å². The largest absolute Gasteiger partial charge is 0.348 e. The van der Waals surface area contributed by atoms with E-state index >= 15 is 0 Å². The number of hydrogen-bond acceptors (Lipinski definition) is 3. The maximum atomic E-state index is 12.0. The molecule has 2 rings (SSSR count). The Morgan fingerprint density at radius 2 is 2.56 bits per heavy atom. The molecule has 1 saturated heterocycles. The molecule has 88 valence electrons. The minimum Gasteiger partial charge on any atom is -0.348 e. The van der Waals surface area contributed by atoms with E-state index in [1.807, 2.05) is 6.92 Å². The second kappa shape index (κ2) is 4.65. The Morgan fingerprint density at radius 3 is 3.19 bits per heavy atom. The topological polar surface area (TPSA) is 69.8 Å². The summed E-state index contributed by atoms with van der Waals surface area (Å²) >= 11 is 0. The highest BCUT2D eigenvalue weighted by Crippen LogP contribution is 2.25. The maximum absolute atomic E-state index is 12.0. The molecular formula is C11H18N4O. The molecule has 3 N–H and O–H groups in total. The molecule has 0 saturated carbocycles. The molecule has 1 aromatic heterocycles. The third kappa shape index (κ3) is 2.41. The van der Waals surface area contributed by atoms with E-state index in [1.54, 1.807) is 12.4 Å². The van der Waals surface area contributed by atoms with Crippen LogP contribution in [0, 0.1) is 5.41 Å². The molecule has 1 aliphatic heterocycles. The third-order valence-corrected chi connectivity index (χ3v) is 3.12. The average Bonchev–Trinajstić information content (AvgIpc) is 2.79. The smallest absolute Gasteiger partial charge is 0.227 e. The Morgan fingerprint density at radius 1 is 1.69 bits per heavy atom. The van der Waals surface area contributed by atoms with Crippen LogP contribution in [0.5, 0.6) is 0 Å². The van der Waals surface area contributed by atoms with Gasteiger partial charge < -0.3 is 15.6 Å². The molecule has 1 aromatic rings. The molecule has 1 amide bonds. The van der Waals surface area contributed by atoms with Crippen LogP contribution in [0.25, 0.3) is 0 Å². The summed E-state index contributed by atoms with van der Waals surface area (Å²) in [7, 11) is 0. The van der Waals surface area contributed by atoms with E-state index in [-0.39, 0.29) is 11.3 Å². The van der Waals surface area contributed by atoms with Gasteiger partial charge in [0.2, 0.25) is 5.91 Å². The first-order chi connectivity index (χ1) is 7.71. The highest BCUT2D eigenvalue weighted by atomic mass is 16.2. The lowest BCUT2D eigenvalue weighted by molar-refractivity contribution is -0.131. The molecule has 0 aromatic carbocycles. The summed E-state index contributed by atoms with van der Waals surface area (Å²) in [6.07, 6.45) is 5.45. The summed E-state index contributed by atoms with van der Waals surface area (Å²) < 4.78 is 0. The van der Waals surface area contributed by atoms with Gasteiger partial charge in [-0.1, -0.05) is 0 Å².